The van der Waals surface area contributed by atoms with Crippen LogP contribution in [0.15, 0.2) is 22.1 Å². The Bertz CT molecular complexity index is 441. The molecule has 2 aromatic heterocycles. The first-order chi connectivity index (χ1) is 8.29. The van der Waals surface area contributed by atoms with Crippen LogP contribution in [0.1, 0.15) is 30.0 Å². The van der Waals surface area contributed by atoms with Crippen LogP contribution in [-0.4, -0.2) is 15.3 Å². The highest BCUT2D eigenvalue weighted by molar-refractivity contribution is 9.11. The largest absolute Gasteiger partial charge is 0.308 e. The summed E-state index contributed by atoms with van der Waals surface area (Å²) in [5.74, 6) is 0. The smallest absolute Gasteiger partial charge is 0.0915 e. The minimum Gasteiger partial charge on any atom is -0.308 e. The highest BCUT2D eigenvalue weighted by Gasteiger charge is 2.15. The van der Waals surface area contributed by atoms with E-state index in [4.69, 9.17) is 0 Å². The lowest BCUT2D eigenvalue weighted by molar-refractivity contribution is 0.524. The van der Waals surface area contributed by atoms with Crippen LogP contribution in [0.4, 0.5) is 0 Å². The second-order valence-electron chi connectivity index (χ2n) is 3.75. The van der Waals surface area contributed by atoms with Crippen molar-refractivity contribution in [2.45, 2.75) is 25.8 Å². The minimum absolute atomic E-state index is 0.277. The molecule has 3 nitrogen and oxygen atoms in total. The van der Waals surface area contributed by atoms with Crippen LogP contribution in [0.25, 0.3) is 0 Å². The van der Waals surface area contributed by atoms with Gasteiger partial charge in [0.2, 0.25) is 0 Å². The van der Waals surface area contributed by atoms with Crippen LogP contribution in [0.5, 0.6) is 0 Å². The molecule has 0 spiro atoms. The number of thiophene rings is 1. The van der Waals surface area contributed by atoms with E-state index in [-0.39, 0.29) is 6.04 Å². The van der Waals surface area contributed by atoms with Crippen molar-refractivity contribution in [1.82, 2.24) is 14.1 Å². The molecule has 0 saturated carbocycles. The van der Waals surface area contributed by atoms with Crippen LogP contribution in [0.3, 0.4) is 0 Å². The number of hydrogen-bond acceptors (Lipinski definition) is 5. The third kappa shape index (κ3) is 3.84. The van der Waals surface area contributed by atoms with Crippen molar-refractivity contribution in [2.75, 3.05) is 6.54 Å². The number of halogens is 1. The van der Waals surface area contributed by atoms with Crippen LogP contribution < -0.4 is 5.32 Å². The van der Waals surface area contributed by atoms with Crippen molar-refractivity contribution in [3.05, 3.63) is 32.7 Å². The summed E-state index contributed by atoms with van der Waals surface area (Å²) in [6.07, 6.45) is 3.96. The minimum atomic E-state index is 0.277. The van der Waals surface area contributed by atoms with E-state index in [1.807, 2.05) is 6.20 Å². The van der Waals surface area contributed by atoms with Gasteiger partial charge in [-0.15, -0.1) is 11.3 Å². The summed E-state index contributed by atoms with van der Waals surface area (Å²) in [6.45, 7) is 3.18. The number of nitrogens with zero attached hydrogens (tertiary/aromatic N) is 2. The van der Waals surface area contributed by atoms with Crippen LogP contribution in [-0.2, 0) is 6.42 Å². The van der Waals surface area contributed by atoms with E-state index in [1.165, 1.54) is 20.4 Å². The summed E-state index contributed by atoms with van der Waals surface area (Å²) in [6, 6.07) is 4.53. The first-order valence-corrected chi connectivity index (χ1v) is 7.88. The van der Waals surface area contributed by atoms with Gasteiger partial charge >= 0.3 is 0 Å². The molecule has 0 aromatic carbocycles. The molecule has 17 heavy (non-hydrogen) atoms. The van der Waals surface area contributed by atoms with E-state index in [0.29, 0.717) is 0 Å². The average Bonchev–Trinajstić information content (AvgIpc) is 2.95. The maximum Gasteiger partial charge on any atom is 0.0915 e. The van der Waals surface area contributed by atoms with Gasteiger partial charge < -0.3 is 5.32 Å². The van der Waals surface area contributed by atoms with Gasteiger partial charge in [0.1, 0.15) is 0 Å². The summed E-state index contributed by atoms with van der Waals surface area (Å²) < 4.78 is 9.59. The van der Waals surface area contributed by atoms with Gasteiger partial charge in [-0.3, -0.25) is 0 Å². The van der Waals surface area contributed by atoms with Gasteiger partial charge in [0.25, 0.3) is 0 Å². The lowest BCUT2D eigenvalue weighted by Gasteiger charge is -2.14. The van der Waals surface area contributed by atoms with Gasteiger partial charge in [-0.1, -0.05) is 6.92 Å². The van der Waals surface area contributed by atoms with E-state index in [2.05, 4.69) is 49.1 Å². The molecule has 0 saturated heterocycles. The average molecular weight is 332 g/mol. The Labute approximate surface area is 118 Å². The second-order valence-corrected chi connectivity index (χ2v) is 6.85. The summed E-state index contributed by atoms with van der Waals surface area (Å²) in [5.41, 5.74) is 1.05. The highest BCUT2D eigenvalue weighted by Crippen LogP contribution is 2.26. The van der Waals surface area contributed by atoms with Gasteiger partial charge in [0, 0.05) is 11.3 Å². The first-order valence-electron chi connectivity index (χ1n) is 5.54. The molecule has 0 aliphatic heterocycles. The molecule has 6 heteroatoms. The summed E-state index contributed by atoms with van der Waals surface area (Å²) >= 11 is 6.55. The predicted octanol–water partition coefficient (Wildman–Crippen LogP) is 3.65. The van der Waals surface area contributed by atoms with Gasteiger partial charge in [-0.25, -0.2) is 0 Å². The molecule has 0 radical (unpaired) electrons. The van der Waals surface area contributed by atoms with E-state index < -0.39 is 0 Å². The normalized spacial score (nSPS) is 12.8. The van der Waals surface area contributed by atoms with Crippen molar-refractivity contribution < 1.29 is 0 Å². The number of rotatable bonds is 6. The topological polar surface area (TPSA) is 37.8 Å². The molecule has 0 amide bonds. The molecule has 2 aromatic rings. The molecule has 0 aliphatic carbocycles. The molecule has 2 rings (SSSR count). The zero-order chi connectivity index (χ0) is 12.1. The van der Waals surface area contributed by atoms with Gasteiger partial charge in [-0.05, 0) is 41.0 Å². The summed E-state index contributed by atoms with van der Waals surface area (Å²) in [4.78, 5) is 1.36. The lowest BCUT2D eigenvalue weighted by atomic mass is 10.1. The second kappa shape index (κ2) is 6.58. The molecule has 0 fully saturated rings. The molecule has 1 unspecified atom stereocenters. The van der Waals surface area contributed by atoms with Crippen molar-refractivity contribution in [1.29, 1.82) is 0 Å². The van der Waals surface area contributed by atoms with Crippen molar-refractivity contribution in [3.8, 4) is 0 Å². The molecule has 1 atom stereocenters. The Balaban J connectivity index is 2.05. The van der Waals surface area contributed by atoms with E-state index in [9.17, 15) is 0 Å². The third-order valence-corrected chi connectivity index (χ3v) is 4.55. The standard InChI is InChI=1S/C11H14BrN3S2/c1-2-5-13-9(10-7-14-17-15-10)6-8-3-4-11(12)16-8/h3-4,7,9,13H,2,5-6H2,1H3. The highest BCUT2D eigenvalue weighted by atomic mass is 79.9. The van der Waals surface area contributed by atoms with E-state index in [0.717, 1.165) is 25.1 Å². The number of aromatic nitrogens is 2. The Hall–Kier alpha value is -0.300. The van der Waals surface area contributed by atoms with Crippen molar-refractivity contribution >= 4 is 39.0 Å². The van der Waals surface area contributed by atoms with Gasteiger partial charge in [0.15, 0.2) is 0 Å². The maximum atomic E-state index is 4.33. The molecule has 0 aliphatic rings. The molecule has 92 valence electrons. The van der Waals surface area contributed by atoms with E-state index >= 15 is 0 Å². The van der Waals surface area contributed by atoms with Crippen LogP contribution >= 0.6 is 39.0 Å². The zero-order valence-electron chi connectivity index (χ0n) is 9.52. The fourth-order valence-electron chi connectivity index (χ4n) is 1.59. The van der Waals surface area contributed by atoms with Crippen molar-refractivity contribution in [3.63, 3.8) is 0 Å². The Morgan fingerprint density at radius 1 is 1.47 bits per heavy atom. The molecular formula is C11H14BrN3S2. The molecule has 2 heterocycles. The van der Waals surface area contributed by atoms with E-state index in [1.54, 1.807) is 11.3 Å². The Morgan fingerprint density at radius 2 is 2.35 bits per heavy atom. The quantitative estimate of drug-likeness (QED) is 0.877. The molecule has 1 N–H and O–H groups in total. The SMILES string of the molecule is CCCNC(Cc1ccc(Br)s1)c1cnsn1. The number of nitrogens with one attached hydrogen (secondary N) is 1. The zero-order valence-corrected chi connectivity index (χ0v) is 12.7. The van der Waals surface area contributed by atoms with Gasteiger partial charge in [0.05, 0.1) is 33.4 Å². The van der Waals surface area contributed by atoms with Crippen molar-refractivity contribution in [2.24, 2.45) is 0 Å². The Morgan fingerprint density at radius 3 is 2.94 bits per heavy atom. The fraction of sp³-hybridized carbons (Fsp3) is 0.455. The lowest BCUT2D eigenvalue weighted by Crippen LogP contribution is -2.24. The monoisotopic (exact) mass is 331 g/mol. The Kier molecular flexibility index (Phi) is 5.09. The predicted molar refractivity (Wildman–Crippen MR) is 76.7 cm³/mol. The number of hydrogen-bond donors (Lipinski definition) is 1. The molecular weight excluding hydrogens is 318 g/mol. The van der Waals surface area contributed by atoms with Crippen LogP contribution in [0.2, 0.25) is 0 Å². The maximum absolute atomic E-state index is 4.33. The third-order valence-electron chi connectivity index (χ3n) is 2.41. The van der Waals surface area contributed by atoms with Crippen LogP contribution in [0, 0.1) is 0 Å². The summed E-state index contributed by atoms with van der Waals surface area (Å²) in [5, 5.41) is 3.53. The first kappa shape index (κ1) is 13.1. The fourth-order valence-corrected chi connectivity index (χ4v) is 3.59. The molecule has 0 bridgehead atoms. The summed E-state index contributed by atoms with van der Waals surface area (Å²) in [7, 11) is 0. The van der Waals surface area contributed by atoms with Gasteiger partial charge in [-0.2, -0.15) is 8.75 Å².